The summed E-state index contributed by atoms with van der Waals surface area (Å²) in [5.74, 6) is 0. The minimum absolute atomic E-state index is 0.272. The van der Waals surface area contributed by atoms with Gasteiger partial charge in [0.05, 0.1) is 0 Å². The van der Waals surface area contributed by atoms with Gasteiger partial charge in [-0.2, -0.15) is 0 Å². The van der Waals surface area contributed by atoms with E-state index in [1.54, 1.807) is 0 Å². The van der Waals surface area contributed by atoms with Crippen molar-refractivity contribution in [2.45, 2.75) is 38.1 Å². The number of nitrogens with one attached hydrogen (secondary N) is 1. The van der Waals surface area contributed by atoms with Crippen molar-refractivity contribution in [2.24, 2.45) is 0 Å². The van der Waals surface area contributed by atoms with Crippen LogP contribution in [0.2, 0.25) is 0 Å². The van der Waals surface area contributed by atoms with Gasteiger partial charge >= 0.3 is 0 Å². The molecular weight excluding hydrogens is 166 g/mol. The summed E-state index contributed by atoms with van der Waals surface area (Å²) in [6.07, 6.45) is 4.17. The van der Waals surface area contributed by atoms with Crippen molar-refractivity contribution in [3.8, 4) is 0 Å². The maximum absolute atomic E-state index is 8.62. The van der Waals surface area contributed by atoms with Gasteiger partial charge in [-0.3, -0.25) is 0 Å². The zero-order valence-corrected chi connectivity index (χ0v) is 8.51. The van der Waals surface area contributed by atoms with Gasteiger partial charge in [-0.05, 0) is 39.2 Å². The van der Waals surface area contributed by atoms with Gasteiger partial charge < -0.3 is 15.2 Å². The van der Waals surface area contributed by atoms with Crippen molar-refractivity contribution in [1.29, 1.82) is 0 Å². The summed E-state index contributed by atoms with van der Waals surface area (Å²) < 4.78 is 5.31. The van der Waals surface area contributed by atoms with Gasteiger partial charge in [-0.15, -0.1) is 0 Å². The Kier molecular flexibility index (Phi) is 4.70. The van der Waals surface area contributed by atoms with E-state index in [9.17, 15) is 0 Å². The molecule has 1 rings (SSSR count). The van der Waals surface area contributed by atoms with Crippen molar-refractivity contribution in [1.82, 2.24) is 5.32 Å². The van der Waals surface area contributed by atoms with Crippen LogP contribution in [0.4, 0.5) is 0 Å². The van der Waals surface area contributed by atoms with Crippen LogP contribution in [0.5, 0.6) is 0 Å². The maximum Gasteiger partial charge on any atom is 0.0483 e. The van der Waals surface area contributed by atoms with Crippen molar-refractivity contribution in [3.63, 3.8) is 0 Å². The van der Waals surface area contributed by atoms with Gasteiger partial charge in [0.1, 0.15) is 0 Å². The zero-order valence-electron chi connectivity index (χ0n) is 8.51. The number of hydrogen-bond donors (Lipinski definition) is 2. The van der Waals surface area contributed by atoms with Gasteiger partial charge in [0.25, 0.3) is 0 Å². The first-order chi connectivity index (χ1) is 6.27. The number of aliphatic hydroxyl groups is 1. The first-order valence-corrected chi connectivity index (χ1v) is 5.20. The molecule has 0 aromatic rings. The largest absolute Gasteiger partial charge is 0.396 e. The third-order valence-corrected chi connectivity index (χ3v) is 2.73. The summed E-state index contributed by atoms with van der Waals surface area (Å²) in [4.78, 5) is 0. The second-order valence-corrected chi connectivity index (χ2v) is 4.03. The SMILES string of the molecule is CC1(NCCCCO)CCOCC1. The standard InChI is InChI=1S/C10H21NO2/c1-10(4-8-13-9-5-10)11-6-2-3-7-12/h11-12H,2-9H2,1H3. The van der Waals surface area contributed by atoms with E-state index in [0.717, 1.165) is 45.4 Å². The second-order valence-electron chi connectivity index (χ2n) is 4.03. The molecule has 1 aliphatic heterocycles. The van der Waals surface area contributed by atoms with Gasteiger partial charge in [-0.1, -0.05) is 0 Å². The Labute approximate surface area is 80.5 Å². The van der Waals surface area contributed by atoms with Gasteiger partial charge in [0.2, 0.25) is 0 Å². The van der Waals surface area contributed by atoms with Crippen LogP contribution in [0.25, 0.3) is 0 Å². The number of hydrogen-bond acceptors (Lipinski definition) is 3. The lowest BCUT2D eigenvalue weighted by Gasteiger charge is -2.34. The summed E-state index contributed by atoms with van der Waals surface area (Å²) in [5, 5.41) is 12.2. The Bertz CT molecular complexity index is 133. The normalized spacial score (nSPS) is 21.7. The molecule has 0 unspecified atom stereocenters. The first kappa shape index (κ1) is 11.0. The van der Waals surface area contributed by atoms with Crippen LogP contribution < -0.4 is 5.32 Å². The highest BCUT2D eigenvalue weighted by molar-refractivity contribution is 4.84. The molecule has 2 N–H and O–H groups in total. The van der Waals surface area contributed by atoms with Crippen LogP contribution in [0, 0.1) is 0 Å². The molecule has 1 saturated heterocycles. The van der Waals surface area contributed by atoms with Gasteiger partial charge in [-0.25, -0.2) is 0 Å². The summed E-state index contributed by atoms with van der Waals surface area (Å²) in [6, 6.07) is 0. The lowest BCUT2D eigenvalue weighted by Crippen LogP contribution is -2.47. The molecule has 3 heteroatoms. The summed E-state index contributed by atoms with van der Waals surface area (Å²) >= 11 is 0. The van der Waals surface area contributed by atoms with Crippen molar-refractivity contribution in [2.75, 3.05) is 26.4 Å². The topological polar surface area (TPSA) is 41.5 Å². The smallest absolute Gasteiger partial charge is 0.0483 e. The molecule has 0 aromatic carbocycles. The molecule has 3 nitrogen and oxygen atoms in total. The third kappa shape index (κ3) is 4.07. The number of aliphatic hydroxyl groups excluding tert-OH is 1. The van der Waals surface area contributed by atoms with Crippen LogP contribution >= 0.6 is 0 Å². The summed E-state index contributed by atoms with van der Waals surface area (Å²) in [5.41, 5.74) is 0.272. The Hall–Kier alpha value is -0.120. The summed E-state index contributed by atoms with van der Waals surface area (Å²) in [7, 11) is 0. The third-order valence-electron chi connectivity index (χ3n) is 2.73. The van der Waals surface area contributed by atoms with E-state index >= 15 is 0 Å². The summed E-state index contributed by atoms with van der Waals surface area (Å²) in [6.45, 7) is 5.33. The molecule has 1 aliphatic rings. The predicted octanol–water partition coefficient (Wildman–Crippen LogP) is 0.918. The number of rotatable bonds is 5. The monoisotopic (exact) mass is 187 g/mol. The second kappa shape index (κ2) is 5.58. The Morgan fingerprint density at radius 1 is 1.31 bits per heavy atom. The fourth-order valence-corrected chi connectivity index (χ4v) is 1.63. The Balaban J connectivity index is 2.10. The highest BCUT2D eigenvalue weighted by Gasteiger charge is 2.25. The average Bonchev–Trinajstić information content (AvgIpc) is 2.14. The van der Waals surface area contributed by atoms with Crippen molar-refractivity contribution >= 4 is 0 Å². The van der Waals surface area contributed by atoms with Crippen LogP contribution in [0.1, 0.15) is 32.6 Å². The van der Waals surface area contributed by atoms with Crippen LogP contribution in [-0.4, -0.2) is 37.0 Å². The fraction of sp³-hybridized carbons (Fsp3) is 1.00. The lowest BCUT2D eigenvalue weighted by atomic mass is 9.92. The number of ether oxygens (including phenoxy) is 1. The first-order valence-electron chi connectivity index (χ1n) is 5.20. The van der Waals surface area contributed by atoms with Gasteiger partial charge in [0, 0.05) is 25.4 Å². The molecule has 0 radical (unpaired) electrons. The van der Waals surface area contributed by atoms with Crippen molar-refractivity contribution in [3.05, 3.63) is 0 Å². The van der Waals surface area contributed by atoms with E-state index in [4.69, 9.17) is 9.84 Å². The number of unbranched alkanes of at least 4 members (excludes halogenated alkanes) is 1. The minimum atomic E-state index is 0.272. The Morgan fingerprint density at radius 3 is 2.62 bits per heavy atom. The molecule has 0 amide bonds. The van der Waals surface area contributed by atoms with E-state index in [1.165, 1.54) is 0 Å². The minimum Gasteiger partial charge on any atom is -0.396 e. The molecule has 1 fully saturated rings. The van der Waals surface area contributed by atoms with Crippen molar-refractivity contribution < 1.29 is 9.84 Å². The molecule has 0 saturated carbocycles. The van der Waals surface area contributed by atoms with E-state index < -0.39 is 0 Å². The molecule has 78 valence electrons. The average molecular weight is 187 g/mol. The fourth-order valence-electron chi connectivity index (χ4n) is 1.63. The Morgan fingerprint density at radius 2 is 2.00 bits per heavy atom. The predicted molar refractivity (Wildman–Crippen MR) is 52.8 cm³/mol. The van der Waals surface area contributed by atoms with E-state index in [0.29, 0.717) is 6.61 Å². The molecule has 1 heterocycles. The highest BCUT2D eigenvalue weighted by atomic mass is 16.5. The van der Waals surface area contributed by atoms with Crippen LogP contribution in [-0.2, 0) is 4.74 Å². The lowest BCUT2D eigenvalue weighted by molar-refractivity contribution is 0.0451. The molecule has 13 heavy (non-hydrogen) atoms. The highest BCUT2D eigenvalue weighted by Crippen LogP contribution is 2.19. The molecule has 0 aliphatic carbocycles. The van der Waals surface area contributed by atoms with E-state index in [1.807, 2.05) is 0 Å². The van der Waals surface area contributed by atoms with Crippen LogP contribution in [0.3, 0.4) is 0 Å². The quantitative estimate of drug-likeness (QED) is 0.629. The maximum atomic E-state index is 8.62. The molecule has 0 atom stereocenters. The van der Waals surface area contributed by atoms with E-state index in [2.05, 4.69) is 12.2 Å². The molecule has 0 aromatic heterocycles. The zero-order chi connectivity index (χ0) is 9.57. The molecular formula is C10H21NO2. The molecule has 0 spiro atoms. The van der Waals surface area contributed by atoms with Crippen LogP contribution in [0.15, 0.2) is 0 Å². The van der Waals surface area contributed by atoms with E-state index in [-0.39, 0.29) is 5.54 Å². The molecule has 0 bridgehead atoms. The van der Waals surface area contributed by atoms with Gasteiger partial charge in [0.15, 0.2) is 0 Å².